The molecule has 0 spiro atoms. The van der Waals surface area contributed by atoms with Crippen LogP contribution in [0.3, 0.4) is 0 Å². The van der Waals surface area contributed by atoms with E-state index in [1.165, 1.54) is 23.6 Å². The lowest BCUT2D eigenvalue weighted by Crippen LogP contribution is -2.16. The molecule has 0 bridgehead atoms. The van der Waals surface area contributed by atoms with Gasteiger partial charge in [0.1, 0.15) is 0 Å². The Morgan fingerprint density at radius 3 is 2.86 bits per heavy atom. The molecule has 5 nitrogen and oxygen atoms in total. The van der Waals surface area contributed by atoms with Crippen LogP contribution in [-0.2, 0) is 6.54 Å². The highest BCUT2D eigenvalue weighted by Crippen LogP contribution is 2.31. The van der Waals surface area contributed by atoms with Gasteiger partial charge in [-0.1, -0.05) is 45.6 Å². The maximum atomic E-state index is 12.1. The van der Waals surface area contributed by atoms with Crippen LogP contribution in [0.4, 0.5) is 0 Å². The van der Waals surface area contributed by atoms with Gasteiger partial charge in [0.2, 0.25) is 5.76 Å². The van der Waals surface area contributed by atoms with Crippen LogP contribution in [0.15, 0.2) is 33.9 Å². The molecular weight excluding hydrogens is 345 g/mol. The number of rotatable bonds is 2. The maximum absolute atomic E-state index is 12.1. The smallest absolute Gasteiger partial charge is 0.318 e. The number of carbonyl (C=O) groups is 1. The normalized spacial score (nSPS) is 11.8. The number of carbonyl (C=O) groups excluding carboxylic acids is 1. The Labute approximate surface area is 138 Å². The largest absolute Gasteiger partial charge is 0.351 e. The number of terminal acetylenes is 1. The first-order valence-corrected chi connectivity index (χ1v) is 7.59. The Morgan fingerprint density at radius 1 is 1.41 bits per heavy atom. The molecule has 0 fully saturated rings. The summed E-state index contributed by atoms with van der Waals surface area (Å²) in [4.78, 5) is 16.5. The standard InChI is InChI=1S/C14H7Cl2N3O2S/c1-2-7-19-11-8(15)3-4-9(16)12(11)22-14(19)18-13(20)10-5-6-17-21-10/h1,3-6H,7H2. The fourth-order valence-electron chi connectivity index (χ4n) is 1.90. The molecule has 1 amide bonds. The summed E-state index contributed by atoms with van der Waals surface area (Å²) in [5.74, 6) is 2.01. The van der Waals surface area contributed by atoms with Crippen molar-refractivity contribution in [2.24, 2.45) is 4.99 Å². The predicted molar refractivity (Wildman–Crippen MR) is 85.1 cm³/mol. The summed E-state index contributed by atoms with van der Waals surface area (Å²) in [6.45, 7) is 0.211. The molecule has 3 rings (SSSR count). The molecule has 3 aromatic rings. The Bertz CT molecular complexity index is 965. The third-order valence-electron chi connectivity index (χ3n) is 2.82. The van der Waals surface area contributed by atoms with Gasteiger partial charge in [0.05, 0.1) is 33.0 Å². The minimum absolute atomic E-state index is 0.0434. The fourth-order valence-corrected chi connectivity index (χ4v) is 3.55. The SMILES string of the molecule is C#CCn1c(=NC(=O)c2ccno2)sc2c(Cl)ccc(Cl)c21. The summed E-state index contributed by atoms with van der Waals surface area (Å²) >= 11 is 13.6. The van der Waals surface area contributed by atoms with Gasteiger partial charge in [-0.05, 0) is 12.1 Å². The lowest BCUT2D eigenvalue weighted by atomic mass is 10.3. The second kappa shape index (κ2) is 5.97. The quantitative estimate of drug-likeness (QED) is 0.665. The first-order chi connectivity index (χ1) is 10.6. The summed E-state index contributed by atoms with van der Waals surface area (Å²) in [7, 11) is 0. The number of hydrogen-bond acceptors (Lipinski definition) is 4. The van der Waals surface area contributed by atoms with Crippen molar-refractivity contribution in [3.63, 3.8) is 0 Å². The van der Waals surface area contributed by atoms with Crippen molar-refractivity contribution in [2.75, 3.05) is 0 Å². The molecule has 0 saturated carbocycles. The van der Waals surface area contributed by atoms with Crippen molar-refractivity contribution in [2.45, 2.75) is 6.54 Å². The average molecular weight is 352 g/mol. The second-order valence-corrected chi connectivity index (χ2v) is 5.97. The Morgan fingerprint density at radius 2 is 2.18 bits per heavy atom. The predicted octanol–water partition coefficient (Wildman–Crippen LogP) is 3.37. The van der Waals surface area contributed by atoms with Crippen LogP contribution in [0.1, 0.15) is 10.6 Å². The van der Waals surface area contributed by atoms with E-state index in [-0.39, 0.29) is 12.3 Å². The topological polar surface area (TPSA) is 60.4 Å². The van der Waals surface area contributed by atoms with Gasteiger partial charge >= 0.3 is 5.91 Å². The first-order valence-electron chi connectivity index (χ1n) is 6.02. The van der Waals surface area contributed by atoms with Gasteiger partial charge in [0, 0.05) is 6.07 Å². The molecular formula is C14H7Cl2N3O2S. The Balaban J connectivity index is 2.28. The number of nitrogens with zero attached hydrogens (tertiary/aromatic N) is 3. The molecule has 0 aliphatic rings. The molecule has 0 aliphatic carbocycles. The number of benzene rings is 1. The molecule has 1 aromatic carbocycles. The van der Waals surface area contributed by atoms with Crippen molar-refractivity contribution in [3.05, 3.63) is 45.0 Å². The van der Waals surface area contributed by atoms with Crippen molar-refractivity contribution in [1.29, 1.82) is 0 Å². The molecule has 0 radical (unpaired) electrons. The van der Waals surface area contributed by atoms with Crippen LogP contribution in [-0.4, -0.2) is 15.6 Å². The van der Waals surface area contributed by atoms with Gasteiger partial charge < -0.3 is 9.09 Å². The van der Waals surface area contributed by atoms with E-state index in [2.05, 4.69) is 16.1 Å². The van der Waals surface area contributed by atoms with Crippen LogP contribution in [0.25, 0.3) is 10.2 Å². The third-order valence-corrected chi connectivity index (χ3v) is 4.67. The molecule has 2 heterocycles. The lowest BCUT2D eigenvalue weighted by molar-refractivity contribution is 0.0962. The Hall–Kier alpha value is -2.07. The molecule has 0 atom stereocenters. The number of amides is 1. The van der Waals surface area contributed by atoms with Crippen molar-refractivity contribution < 1.29 is 9.32 Å². The van der Waals surface area contributed by atoms with Crippen LogP contribution in [0, 0.1) is 12.3 Å². The zero-order valence-electron chi connectivity index (χ0n) is 10.9. The second-order valence-electron chi connectivity index (χ2n) is 4.18. The minimum atomic E-state index is -0.554. The highest BCUT2D eigenvalue weighted by molar-refractivity contribution is 7.17. The summed E-state index contributed by atoms with van der Waals surface area (Å²) < 4.78 is 7.18. The number of fused-ring (bicyclic) bond motifs is 1. The lowest BCUT2D eigenvalue weighted by Gasteiger charge is -2.02. The summed E-state index contributed by atoms with van der Waals surface area (Å²) in [6, 6.07) is 4.80. The van der Waals surface area contributed by atoms with E-state index >= 15 is 0 Å². The van der Waals surface area contributed by atoms with E-state index in [9.17, 15) is 4.79 Å². The van der Waals surface area contributed by atoms with E-state index in [1.54, 1.807) is 16.7 Å². The molecule has 110 valence electrons. The monoisotopic (exact) mass is 351 g/mol. The van der Waals surface area contributed by atoms with Gasteiger partial charge in [0.25, 0.3) is 0 Å². The molecule has 0 N–H and O–H groups in total. The number of halogens is 2. The highest BCUT2D eigenvalue weighted by atomic mass is 35.5. The molecule has 0 saturated heterocycles. The van der Waals surface area contributed by atoms with Crippen molar-refractivity contribution in [1.82, 2.24) is 9.72 Å². The van der Waals surface area contributed by atoms with Gasteiger partial charge in [-0.15, -0.1) is 6.42 Å². The van der Waals surface area contributed by atoms with Gasteiger partial charge in [-0.25, -0.2) is 0 Å². The average Bonchev–Trinajstić information content (AvgIpc) is 3.13. The van der Waals surface area contributed by atoms with E-state index in [0.717, 1.165) is 0 Å². The van der Waals surface area contributed by atoms with E-state index in [4.69, 9.17) is 34.1 Å². The van der Waals surface area contributed by atoms with E-state index in [1.807, 2.05) is 0 Å². The summed E-state index contributed by atoms with van der Waals surface area (Å²) in [6.07, 6.45) is 6.77. The van der Waals surface area contributed by atoms with Gasteiger partial charge in [0.15, 0.2) is 4.80 Å². The highest BCUT2D eigenvalue weighted by Gasteiger charge is 2.14. The summed E-state index contributed by atoms with van der Waals surface area (Å²) in [5, 5.41) is 4.48. The van der Waals surface area contributed by atoms with Crippen LogP contribution < -0.4 is 4.80 Å². The zero-order chi connectivity index (χ0) is 15.7. The van der Waals surface area contributed by atoms with Crippen molar-refractivity contribution >= 4 is 50.7 Å². The van der Waals surface area contributed by atoms with Crippen LogP contribution >= 0.6 is 34.5 Å². The first kappa shape index (κ1) is 14.9. The fraction of sp³-hybridized carbons (Fsp3) is 0.0714. The molecule has 22 heavy (non-hydrogen) atoms. The van der Waals surface area contributed by atoms with Crippen LogP contribution in [0.5, 0.6) is 0 Å². The molecule has 2 aromatic heterocycles. The number of hydrogen-bond donors (Lipinski definition) is 0. The van der Waals surface area contributed by atoms with E-state index < -0.39 is 5.91 Å². The zero-order valence-corrected chi connectivity index (χ0v) is 13.2. The molecule has 8 heteroatoms. The molecule has 0 unspecified atom stereocenters. The van der Waals surface area contributed by atoms with Crippen LogP contribution in [0.2, 0.25) is 10.0 Å². The minimum Gasteiger partial charge on any atom is -0.351 e. The Kier molecular flexibility index (Phi) is 4.03. The van der Waals surface area contributed by atoms with Crippen molar-refractivity contribution in [3.8, 4) is 12.3 Å². The maximum Gasteiger partial charge on any atom is 0.318 e. The van der Waals surface area contributed by atoms with Gasteiger partial charge in [-0.2, -0.15) is 4.99 Å². The number of aromatic nitrogens is 2. The number of thiazole rings is 1. The van der Waals surface area contributed by atoms with Gasteiger partial charge in [-0.3, -0.25) is 4.79 Å². The molecule has 0 aliphatic heterocycles. The third kappa shape index (κ3) is 2.55. The summed E-state index contributed by atoms with van der Waals surface area (Å²) in [5.41, 5.74) is 0.654. The van der Waals surface area contributed by atoms with E-state index in [0.29, 0.717) is 25.1 Å².